The topological polar surface area (TPSA) is 6.48 Å². The van der Waals surface area contributed by atoms with Crippen molar-refractivity contribution in [1.82, 2.24) is 9.80 Å². The van der Waals surface area contributed by atoms with E-state index in [2.05, 4.69) is 16.7 Å². The largest absolute Gasteiger partial charge is 0.302 e. The second-order valence-corrected chi connectivity index (χ2v) is 4.79. The van der Waals surface area contributed by atoms with Crippen LogP contribution < -0.4 is 0 Å². The molecule has 0 N–H and O–H groups in total. The average Bonchev–Trinajstić information content (AvgIpc) is 2.67. The number of hydrogen-bond acceptors (Lipinski definition) is 2. The third-order valence-corrected chi connectivity index (χ3v) is 3.82. The molecule has 2 saturated heterocycles. The number of likely N-dealkylation sites (N-methyl/N-ethyl adjacent to an activating group) is 1. The van der Waals surface area contributed by atoms with Crippen molar-refractivity contribution in [2.24, 2.45) is 0 Å². The molecule has 0 radical (unpaired) electrons. The first-order valence-electron chi connectivity index (χ1n) is 6.36. The molecule has 1 atom stereocenters. The molecular formula is C12H24N2. The van der Waals surface area contributed by atoms with E-state index in [0.717, 1.165) is 6.04 Å². The maximum Gasteiger partial charge on any atom is 0.0223 e. The molecule has 0 aromatic rings. The predicted octanol–water partition coefficient (Wildman–Crippen LogP) is 1.96. The highest BCUT2D eigenvalue weighted by molar-refractivity contribution is 4.82. The first-order chi connectivity index (χ1) is 6.90. The third-order valence-electron chi connectivity index (χ3n) is 3.82. The van der Waals surface area contributed by atoms with E-state index in [1.54, 1.807) is 0 Å². The van der Waals surface area contributed by atoms with Gasteiger partial charge in [0.05, 0.1) is 0 Å². The summed E-state index contributed by atoms with van der Waals surface area (Å²) in [5.41, 5.74) is 0. The molecule has 2 heteroatoms. The Kier molecular flexibility index (Phi) is 3.82. The molecule has 2 aliphatic rings. The normalized spacial score (nSPS) is 31.1. The lowest BCUT2D eigenvalue weighted by molar-refractivity contribution is 0.157. The molecule has 2 rings (SSSR count). The van der Waals surface area contributed by atoms with Gasteiger partial charge in [0.15, 0.2) is 0 Å². The quantitative estimate of drug-likeness (QED) is 0.681. The molecule has 0 unspecified atom stereocenters. The van der Waals surface area contributed by atoms with Crippen LogP contribution >= 0.6 is 0 Å². The van der Waals surface area contributed by atoms with E-state index in [4.69, 9.17) is 0 Å². The second-order valence-electron chi connectivity index (χ2n) is 4.79. The fraction of sp³-hybridized carbons (Fsp3) is 1.00. The zero-order valence-corrected chi connectivity index (χ0v) is 9.54. The van der Waals surface area contributed by atoms with Crippen molar-refractivity contribution in [3.05, 3.63) is 0 Å². The minimum Gasteiger partial charge on any atom is -0.302 e. The molecule has 2 aliphatic heterocycles. The van der Waals surface area contributed by atoms with Gasteiger partial charge in [0.1, 0.15) is 0 Å². The fourth-order valence-corrected chi connectivity index (χ4v) is 2.96. The summed E-state index contributed by atoms with van der Waals surface area (Å²) in [4.78, 5) is 5.34. The van der Waals surface area contributed by atoms with Crippen LogP contribution in [-0.4, -0.2) is 48.6 Å². The van der Waals surface area contributed by atoms with Crippen LogP contribution in [0, 0.1) is 0 Å². The molecule has 2 nitrogen and oxygen atoms in total. The van der Waals surface area contributed by atoms with Gasteiger partial charge in [-0.05, 0) is 51.9 Å². The minimum atomic E-state index is 0.873. The first-order valence-corrected chi connectivity index (χ1v) is 6.36. The summed E-state index contributed by atoms with van der Waals surface area (Å²) in [7, 11) is 0. The summed E-state index contributed by atoms with van der Waals surface area (Å²) in [5.74, 6) is 0. The number of likely N-dealkylation sites (tertiary alicyclic amines) is 2. The summed E-state index contributed by atoms with van der Waals surface area (Å²) in [6.45, 7) is 8.94. The van der Waals surface area contributed by atoms with Crippen LogP contribution in [-0.2, 0) is 0 Å². The van der Waals surface area contributed by atoms with Crippen molar-refractivity contribution < 1.29 is 0 Å². The van der Waals surface area contributed by atoms with Crippen LogP contribution in [0.15, 0.2) is 0 Å². The van der Waals surface area contributed by atoms with Gasteiger partial charge in [0.2, 0.25) is 0 Å². The zero-order chi connectivity index (χ0) is 9.80. The van der Waals surface area contributed by atoms with Gasteiger partial charge in [0.25, 0.3) is 0 Å². The van der Waals surface area contributed by atoms with Gasteiger partial charge in [-0.1, -0.05) is 13.3 Å². The van der Waals surface area contributed by atoms with Crippen molar-refractivity contribution in [2.45, 2.75) is 45.1 Å². The fourth-order valence-electron chi connectivity index (χ4n) is 2.96. The Hall–Kier alpha value is -0.0800. The van der Waals surface area contributed by atoms with Crippen LogP contribution in [0.5, 0.6) is 0 Å². The molecule has 0 aliphatic carbocycles. The van der Waals surface area contributed by atoms with Crippen molar-refractivity contribution in [2.75, 3.05) is 32.7 Å². The van der Waals surface area contributed by atoms with E-state index in [-0.39, 0.29) is 0 Å². The van der Waals surface area contributed by atoms with Crippen molar-refractivity contribution in [1.29, 1.82) is 0 Å². The van der Waals surface area contributed by atoms with Crippen molar-refractivity contribution >= 4 is 0 Å². The molecule has 2 heterocycles. The Bertz CT molecular complexity index is 164. The van der Waals surface area contributed by atoms with Crippen LogP contribution in [0.2, 0.25) is 0 Å². The number of nitrogens with zero attached hydrogens (tertiary/aromatic N) is 2. The molecule has 0 aromatic carbocycles. The Labute approximate surface area is 88.3 Å². The lowest BCUT2D eigenvalue weighted by atomic mass is 10.1. The van der Waals surface area contributed by atoms with Gasteiger partial charge in [-0.25, -0.2) is 0 Å². The zero-order valence-electron chi connectivity index (χ0n) is 9.54. The molecular weight excluding hydrogens is 172 g/mol. The van der Waals surface area contributed by atoms with Crippen LogP contribution in [0.1, 0.15) is 39.0 Å². The average molecular weight is 196 g/mol. The van der Waals surface area contributed by atoms with E-state index >= 15 is 0 Å². The van der Waals surface area contributed by atoms with Gasteiger partial charge in [-0.3, -0.25) is 4.90 Å². The van der Waals surface area contributed by atoms with E-state index in [1.807, 2.05) is 0 Å². The van der Waals surface area contributed by atoms with Crippen LogP contribution in [0.3, 0.4) is 0 Å². The number of rotatable bonds is 3. The Morgan fingerprint density at radius 2 is 1.79 bits per heavy atom. The van der Waals surface area contributed by atoms with Crippen molar-refractivity contribution in [3.63, 3.8) is 0 Å². The Morgan fingerprint density at radius 3 is 2.50 bits per heavy atom. The standard InChI is InChI=1S/C12H24N2/c1-2-14-10-6-7-12(14)11-13-8-4-3-5-9-13/h12H,2-11H2,1H3/t12-/m0/s1. The molecule has 0 spiro atoms. The van der Waals surface area contributed by atoms with Crippen LogP contribution in [0.25, 0.3) is 0 Å². The van der Waals surface area contributed by atoms with Gasteiger partial charge in [0, 0.05) is 12.6 Å². The summed E-state index contributed by atoms with van der Waals surface area (Å²) in [6, 6.07) is 0.873. The molecule has 0 amide bonds. The maximum absolute atomic E-state index is 2.68. The highest BCUT2D eigenvalue weighted by atomic mass is 15.2. The molecule has 0 bridgehead atoms. The van der Waals surface area contributed by atoms with E-state index < -0.39 is 0 Å². The smallest absolute Gasteiger partial charge is 0.0223 e. The molecule has 14 heavy (non-hydrogen) atoms. The number of piperidine rings is 1. The number of hydrogen-bond donors (Lipinski definition) is 0. The van der Waals surface area contributed by atoms with E-state index in [1.165, 1.54) is 64.8 Å². The molecule has 0 saturated carbocycles. The van der Waals surface area contributed by atoms with Gasteiger partial charge in [-0.2, -0.15) is 0 Å². The molecule has 2 fully saturated rings. The highest BCUT2D eigenvalue weighted by Gasteiger charge is 2.25. The van der Waals surface area contributed by atoms with E-state index in [0.29, 0.717) is 0 Å². The van der Waals surface area contributed by atoms with Gasteiger partial charge in [-0.15, -0.1) is 0 Å². The minimum absolute atomic E-state index is 0.873. The summed E-state index contributed by atoms with van der Waals surface area (Å²) >= 11 is 0. The first kappa shape index (κ1) is 10.4. The summed E-state index contributed by atoms with van der Waals surface area (Å²) < 4.78 is 0. The monoisotopic (exact) mass is 196 g/mol. The second kappa shape index (κ2) is 5.13. The molecule has 0 aromatic heterocycles. The molecule has 82 valence electrons. The predicted molar refractivity (Wildman–Crippen MR) is 60.6 cm³/mol. The van der Waals surface area contributed by atoms with Gasteiger partial charge >= 0.3 is 0 Å². The maximum atomic E-state index is 2.68. The SMILES string of the molecule is CCN1CCC[C@H]1CN1CCCCC1. The Balaban J connectivity index is 1.77. The van der Waals surface area contributed by atoms with Gasteiger partial charge < -0.3 is 4.90 Å². The van der Waals surface area contributed by atoms with E-state index in [9.17, 15) is 0 Å². The Morgan fingerprint density at radius 1 is 1.00 bits per heavy atom. The summed E-state index contributed by atoms with van der Waals surface area (Å²) in [5, 5.41) is 0. The lowest BCUT2D eigenvalue weighted by Gasteiger charge is -2.32. The summed E-state index contributed by atoms with van der Waals surface area (Å²) in [6.07, 6.45) is 7.17. The third kappa shape index (κ3) is 2.48. The van der Waals surface area contributed by atoms with Crippen LogP contribution in [0.4, 0.5) is 0 Å². The van der Waals surface area contributed by atoms with Crippen molar-refractivity contribution in [3.8, 4) is 0 Å². The highest BCUT2D eigenvalue weighted by Crippen LogP contribution is 2.19. The lowest BCUT2D eigenvalue weighted by Crippen LogP contribution is -2.42.